The fraction of sp³-hybridized carbons (Fsp3) is 0.200. The van der Waals surface area contributed by atoms with Crippen LogP contribution in [-0.2, 0) is 4.79 Å². The molecule has 32 valence electrons. The van der Waals surface area contributed by atoms with Crippen molar-refractivity contribution in [3.8, 4) is 0 Å². The second kappa shape index (κ2) is 4.19. The van der Waals surface area contributed by atoms with E-state index in [2.05, 4.69) is 12.3 Å². The fourth-order valence-electron chi connectivity index (χ4n) is 0.131. The van der Waals surface area contributed by atoms with Crippen LogP contribution in [0.2, 0.25) is 0 Å². The lowest BCUT2D eigenvalue weighted by Crippen LogP contribution is -1.59. The van der Waals surface area contributed by atoms with Gasteiger partial charge in [0, 0.05) is 6.42 Å². The normalized spacial score (nSPS) is 6.00. The van der Waals surface area contributed by atoms with Gasteiger partial charge in [-0.1, -0.05) is 6.58 Å². The van der Waals surface area contributed by atoms with Crippen molar-refractivity contribution in [1.82, 2.24) is 0 Å². The monoisotopic (exact) mass is 82.0 g/mol. The van der Waals surface area contributed by atoms with E-state index in [9.17, 15) is 4.79 Å². The summed E-state index contributed by atoms with van der Waals surface area (Å²) < 4.78 is 0. The molecule has 0 heterocycles. The maximum absolute atomic E-state index is 9.46. The van der Waals surface area contributed by atoms with Gasteiger partial charge in [-0.3, -0.25) is 0 Å². The molecule has 1 nitrogen and oxygen atoms in total. The smallest absolute Gasteiger partial charge is 0.124 e. The van der Waals surface area contributed by atoms with Gasteiger partial charge in [0.25, 0.3) is 0 Å². The fourth-order valence-corrected chi connectivity index (χ4v) is 0.131. The van der Waals surface area contributed by atoms with E-state index in [0.717, 1.165) is 6.29 Å². The highest BCUT2D eigenvalue weighted by Crippen LogP contribution is 1.67. The first kappa shape index (κ1) is 5.19. The summed E-state index contributed by atoms with van der Waals surface area (Å²) >= 11 is 0. The van der Waals surface area contributed by atoms with E-state index in [1.165, 1.54) is 0 Å². The van der Waals surface area contributed by atoms with Crippen LogP contribution >= 0.6 is 0 Å². The molecule has 0 amide bonds. The molecule has 0 unspecified atom stereocenters. The molecule has 0 saturated carbocycles. The van der Waals surface area contributed by atoms with Crippen LogP contribution in [0.25, 0.3) is 0 Å². The van der Waals surface area contributed by atoms with Crippen molar-refractivity contribution in [2.75, 3.05) is 0 Å². The Kier molecular flexibility index (Phi) is 3.62. The van der Waals surface area contributed by atoms with Crippen molar-refractivity contribution in [1.29, 1.82) is 0 Å². The highest BCUT2D eigenvalue weighted by molar-refractivity contribution is 5.51. The molecule has 0 rings (SSSR count). The average Bonchev–Trinajstić information content (AvgIpc) is 1.61. The Labute approximate surface area is 37.0 Å². The van der Waals surface area contributed by atoms with Gasteiger partial charge >= 0.3 is 0 Å². The zero-order chi connectivity index (χ0) is 4.83. The molecule has 0 aromatic carbocycles. The molecule has 0 aliphatic rings. The maximum Gasteiger partial charge on any atom is 0.124 e. The summed E-state index contributed by atoms with van der Waals surface area (Å²) in [5.41, 5.74) is 2.46. The number of hydrogen-bond donors (Lipinski definition) is 0. The van der Waals surface area contributed by atoms with Gasteiger partial charge in [-0.2, -0.15) is 0 Å². The first-order valence-corrected chi connectivity index (χ1v) is 1.69. The van der Waals surface area contributed by atoms with Gasteiger partial charge in [-0.25, -0.2) is 0 Å². The van der Waals surface area contributed by atoms with Crippen LogP contribution in [0.4, 0.5) is 0 Å². The molecule has 0 fully saturated rings. The molecule has 0 spiro atoms. The third-order valence-corrected chi connectivity index (χ3v) is 0.358. The Morgan fingerprint density at radius 3 is 2.67 bits per heavy atom. The third-order valence-electron chi connectivity index (χ3n) is 0.358. The molecule has 0 aromatic heterocycles. The molecule has 0 aliphatic carbocycles. The largest absolute Gasteiger partial charge is 0.303 e. The second-order valence-electron chi connectivity index (χ2n) is 0.811. The Bertz CT molecular complexity index is 77.9. The predicted molar refractivity (Wildman–Crippen MR) is 24.4 cm³/mol. The quantitative estimate of drug-likeness (QED) is 0.357. The van der Waals surface area contributed by atoms with Crippen LogP contribution in [0.5, 0.6) is 0 Å². The van der Waals surface area contributed by atoms with Crippen LogP contribution in [0.1, 0.15) is 6.42 Å². The number of carbonyl (C=O) groups is 1. The molecule has 6 heavy (non-hydrogen) atoms. The standard InChI is InChI=1S/C5H6O/c1-2-3-4-5-6/h3,5H,1,4H2. The summed E-state index contributed by atoms with van der Waals surface area (Å²) in [5.74, 6) is 0. The van der Waals surface area contributed by atoms with Crippen molar-refractivity contribution >= 4 is 6.29 Å². The molecule has 0 aliphatic heterocycles. The molecule has 0 N–H and O–H groups in total. The van der Waals surface area contributed by atoms with Gasteiger partial charge in [-0.05, 0) is 6.08 Å². The van der Waals surface area contributed by atoms with Crippen LogP contribution in [0, 0.1) is 0 Å². The van der Waals surface area contributed by atoms with Crippen LogP contribution < -0.4 is 0 Å². The van der Waals surface area contributed by atoms with Gasteiger partial charge < -0.3 is 4.79 Å². The molecular weight excluding hydrogens is 76.1 g/mol. The summed E-state index contributed by atoms with van der Waals surface area (Å²) in [5, 5.41) is 0. The molecule has 0 radical (unpaired) electrons. The average molecular weight is 82.1 g/mol. The SMILES string of the molecule is C=C=CCC=O. The summed E-state index contributed by atoms with van der Waals surface area (Å²) in [6, 6.07) is 0. The van der Waals surface area contributed by atoms with E-state index in [1.807, 2.05) is 0 Å². The van der Waals surface area contributed by atoms with Gasteiger partial charge in [0.1, 0.15) is 6.29 Å². The summed E-state index contributed by atoms with van der Waals surface area (Å²) in [6.07, 6.45) is 2.81. The van der Waals surface area contributed by atoms with Crippen LogP contribution in [-0.4, -0.2) is 6.29 Å². The summed E-state index contributed by atoms with van der Waals surface area (Å²) in [4.78, 5) is 9.46. The van der Waals surface area contributed by atoms with E-state index < -0.39 is 0 Å². The lowest BCUT2D eigenvalue weighted by molar-refractivity contribution is -0.107. The van der Waals surface area contributed by atoms with E-state index in [-0.39, 0.29) is 0 Å². The number of rotatable bonds is 2. The number of carbonyl (C=O) groups excluding carboxylic acids is 1. The Morgan fingerprint density at radius 2 is 2.50 bits per heavy atom. The Morgan fingerprint density at radius 1 is 1.83 bits per heavy atom. The first-order chi connectivity index (χ1) is 2.91. The van der Waals surface area contributed by atoms with Gasteiger partial charge in [0.2, 0.25) is 0 Å². The van der Waals surface area contributed by atoms with Crippen molar-refractivity contribution in [2.45, 2.75) is 6.42 Å². The molecule has 1 heteroatoms. The first-order valence-electron chi connectivity index (χ1n) is 1.69. The van der Waals surface area contributed by atoms with Crippen molar-refractivity contribution in [3.05, 3.63) is 18.4 Å². The zero-order valence-electron chi connectivity index (χ0n) is 3.48. The predicted octanol–water partition coefficient (Wildman–Crippen LogP) is 0.916. The van der Waals surface area contributed by atoms with Crippen LogP contribution in [0.15, 0.2) is 18.4 Å². The maximum atomic E-state index is 9.46. The van der Waals surface area contributed by atoms with Crippen molar-refractivity contribution in [2.24, 2.45) is 0 Å². The summed E-state index contributed by atoms with van der Waals surface area (Å²) in [6.45, 7) is 3.26. The Hall–Kier alpha value is -0.810. The minimum absolute atomic E-state index is 0.434. The second-order valence-corrected chi connectivity index (χ2v) is 0.811. The molecule has 0 saturated heterocycles. The zero-order valence-corrected chi connectivity index (χ0v) is 3.48. The highest BCUT2D eigenvalue weighted by atomic mass is 16.1. The lowest BCUT2D eigenvalue weighted by atomic mass is 10.5. The molecule has 0 bridgehead atoms. The van der Waals surface area contributed by atoms with Crippen LogP contribution in [0.3, 0.4) is 0 Å². The minimum Gasteiger partial charge on any atom is -0.303 e. The third kappa shape index (κ3) is 3.19. The van der Waals surface area contributed by atoms with E-state index in [0.29, 0.717) is 6.42 Å². The van der Waals surface area contributed by atoms with E-state index in [4.69, 9.17) is 0 Å². The van der Waals surface area contributed by atoms with E-state index in [1.54, 1.807) is 6.08 Å². The van der Waals surface area contributed by atoms with E-state index >= 15 is 0 Å². The number of aldehydes is 1. The number of hydrogen-bond acceptors (Lipinski definition) is 1. The van der Waals surface area contributed by atoms with Gasteiger partial charge in [-0.15, -0.1) is 5.73 Å². The lowest BCUT2D eigenvalue weighted by Gasteiger charge is -1.60. The van der Waals surface area contributed by atoms with Crippen molar-refractivity contribution < 1.29 is 4.79 Å². The minimum atomic E-state index is 0.434. The Balaban J connectivity index is 3.07. The summed E-state index contributed by atoms with van der Waals surface area (Å²) in [7, 11) is 0. The van der Waals surface area contributed by atoms with Gasteiger partial charge in [0.15, 0.2) is 0 Å². The highest BCUT2D eigenvalue weighted by Gasteiger charge is 1.61. The molecule has 0 atom stereocenters. The molecular formula is C5H6O. The number of allylic oxidation sites excluding steroid dienone is 1. The molecule has 0 aromatic rings. The van der Waals surface area contributed by atoms with Gasteiger partial charge in [0.05, 0.1) is 0 Å². The topological polar surface area (TPSA) is 17.1 Å². The van der Waals surface area contributed by atoms with Crippen molar-refractivity contribution in [3.63, 3.8) is 0 Å².